The first kappa shape index (κ1) is 13.4. The van der Waals surface area contributed by atoms with Crippen molar-refractivity contribution >= 4 is 23.5 Å². The van der Waals surface area contributed by atoms with Crippen LogP contribution in [0, 0.1) is 0 Å². The number of aromatic nitrogens is 2. The van der Waals surface area contributed by atoms with E-state index < -0.39 is 17.9 Å². The molecule has 7 heteroatoms. The standard InChI is InChI=1S/C10H12ClN3O3/c1-2-3-6(10(16)17)14-9(15)7-4-12-5-8(11)13-7/h4-6H,2-3H2,1H3,(H,14,15)(H,16,17). The van der Waals surface area contributed by atoms with Gasteiger partial charge in [-0.15, -0.1) is 0 Å². The number of nitrogens with zero attached hydrogens (tertiary/aromatic N) is 2. The van der Waals surface area contributed by atoms with Gasteiger partial charge in [0, 0.05) is 0 Å². The van der Waals surface area contributed by atoms with Gasteiger partial charge in [-0.25, -0.2) is 9.78 Å². The number of hydrogen-bond donors (Lipinski definition) is 2. The Balaban J connectivity index is 2.73. The molecule has 0 radical (unpaired) electrons. The van der Waals surface area contributed by atoms with Crippen molar-refractivity contribution in [1.82, 2.24) is 15.3 Å². The lowest BCUT2D eigenvalue weighted by atomic mass is 10.1. The minimum Gasteiger partial charge on any atom is -0.480 e. The van der Waals surface area contributed by atoms with Crippen LogP contribution in [0.1, 0.15) is 30.3 Å². The number of carboxylic acids is 1. The maximum Gasteiger partial charge on any atom is 0.326 e. The molecule has 0 aromatic carbocycles. The predicted molar refractivity (Wildman–Crippen MR) is 60.8 cm³/mol. The summed E-state index contributed by atoms with van der Waals surface area (Å²) in [5.41, 5.74) is -0.000136. The number of carboxylic acid groups (broad SMARTS) is 1. The summed E-state index contributed by atoms with van der Waals surface area (Å²) >= 11 is 5.58. The first-order valence-corrected chi connectivity index (χ1v) is 5.43. The lowest BCUT2D eigenvalue weighted by Gasteiger charge is -2.12. The molecular formula is C10H12ClN3O3. The van der Waals surface area contributed by atoms with Crippen LogP contribution in [0.4, 0.5) is 0 Å². The van der Waals surface area contributed by atoms with Gasteiger partial charge in [0.25, 0.3) is 5.91 Å². The van der Waals surface area contributed by atoms with Crippen molar-refractivity contribution < 1.29 is 14.7 Å². The largest absolute Gasteiger partial charge is 0.480 e. The minimum absolute atomic E-state index is 0.000136. The van der Waals surface area contributed by atoms with E-state index in [4.69, 9.17) is 16.7 Å². The van der Waals surface area contributed by atoms with Crippen LogP contribution < -0.4 is 5.32 Å². The van der Waals surface area contributed by atoms with Gasteiger partial charge in [0.2, 0.25) is 0 Å². The van der Waals surface area contributed by atoms with Gasteiger partial charge < -0.3 is 10.4 Å². The summed E-state index contributed by atoms with van der Waals surface area (Å²) in [6, 6.07) is -0.923. The molecular weight excluding hydrogens is 246 g/mol. The van der Waals surface area contributed by atoms with Gasteiger partial charge in [-0.1, -0.05) is 24.9 Å². The maximum atomic E-state index is 11.7. The summed E-state index contributed by atoms with van der Waals surface area (Å²) in [4.78, 5) is 29.9. The van der Waals surface area contributed by atoms with Crippen LogP contribution in [0.5, 0.6) is 0 Å². The molecule has 0 saturated carbocycles. The Morgan fingerprint density at radius 3 is 2.76 bits per heavy atom. The van der Waals surface area contributed by atoms with Gasteiger partial charge in [0.15, 0.2) is 0 Å². The first-order valence-electron chi connectivity index (χ1n) is 5.05. The van der Waals surface area contributed by atoms with Crippen molar-refractivity contribution in [2.45, 2.75) is 25.8 Å². The molecule has 1 rings (SSSR count). The molecule has 1 heterocycles. The van der Waals surface area contributed by atoms with E-state index >= 15 is 0 Å². The Bertz CT molecular complexity index is 425. The van der Waals surface area contributed by atoms with E-state index in [0.29, 0.717) is 12.8 Å². The van der Waals surface area contributed by atoms with Crippen molar-refractivity contribution in [2.24, 2.45) is 0 Å². The highest BCUT2D eigenvalue weighted by Crippen LogP contribution is 2.04. The average Bonchev–Trinajstić information content (AvgIpc) is 2.28. The number of hydrogen-bond acceptors (Lipinski definition) is 4. The molecule has 1 unspecified atom stereocenters. The second-order valence-corrected chi connectivity index (χ2v) is 3.77. The summed E-state index contributed by atoms with van der Waals surface area (Å²) in [7, 11) is 0. The molecule has 0 saturated heterocycles. The summed E-state index contributed by atoms with van der Waals surface area (Å²) in [6.07, 6.45) is 3.53. The second-order valence-electron chi connectivity index (χ2n) is 3.38. The summed E-state index contributed by atoms with van der Waals surface area (Å²) in [6.45, 7) is 1.83. The topological polar surface area (TPSA) is 92.2 Å². The Kier molecular flexibility index (Phi) is 4.84. The number of nitrogens with one attached hydrogen (secondary N) is 1. The molecule has 2 N–H and O–H groups in total. The number of halogens is 1. The van der Waals surface area contributed by atoms with E-state index in [9.17, 15) is 9.59 Å². The molecule has 0 bridgehead atoms. The molecule has 6 nitrogen and oxygen atoms in total. The molecule has 0 aliphatic heterocycles. The van der Waals surface area contributed by atoms with Crippen molar-refractivity contribution in [3.63, 3.8) is 0 Å². The molecule has 0 spiro atoms. The number of aliphatic carboxylic acids is 1. The van der Waals surface area contributed by atoms with E-state index in [0.717, 1.165) is 0 Å². The average molecular weight is 258 g/mol. The van der Waals surface area contributed by atoms with Gasteiger partial charge in [-0.2, -0.15) is 0 Å². The zero-order valence-corrected chi connectivity index (χ0v) is 9.94. The van der Waals surface area contributed by atoms with E-state index in [1.807, 2.05) is 6.92 Å². The van der Waals surface area contributed by atoms with Crippen LogP contribution in [0.25, 0.3) is 0 Å². The molecule has 1 atom stereocenters. The van der Waals surface area contributed by atoms with Gasteiger partial charge in [-0.3, -0.25) is 9.78 Å². The molecule has 1 aromatic rings. The van der Waals surface area contributed by atoms with Crippen LogP contribution in [0.3, 0.4) is 0 Å². The Labute approximate surface area is 103 Å². The Hall–Kier alpha value is -1.69. The lowest BCUT2D eigenvalue weighted by molar-refractivity contribution is -0.139. The van der Waals surface area contributed by atoms with Gasteiger partial charge in [0.05, 0.1) is 12.4 Å². The van der Waals surface area contributed by atoms with Crippen molar-refractivity contribution in [1.29, 1.82) is 0 Å². The fraction of sp³-hybridized carbons (Fsp3) is 0.400. The van der Waals surface area contributed by atoms with Crippen LogP contribution in [0.2, 0.25) is 5.15 Å². The second kappa shape index (κ2) is 6.15. The van der Waals surface area contributed by atoms with Gasteiger partial charge >= 0.3 is 5.97 Å². The third-order valence-corrected chi connectivity index (χ3v) is 2.20. The van der Waals surface area contributed by atoms with Crippen LogP contribution in [-0.2, 0) is 4.79 Å². The van der Waals surface area contributed by atoms with Crippen LogP contribution >= 0.6 is 11.6 Å². The van der Waals surface area contributed by atoms with Crippen LogP contribution in [-0.4, -0.2) is 33.0 Å². The monoisotopic (exact) mass is 257 g/mol. The molecule has 92 valence electrons. The third kappa shape index (κ3) is 3.99. The van der Waals surface area contributed by atoms with E-state index in [1.165, 1.54) is 12.4 Å². The van der Waals surface area contributed by atoms with Gasteiger partial charge in [0.1, 0.15) is 16.9 Å². The molecule has 17 heavy (non-hydrogen) atoms. The Morgan fingerprint density at radius 1 is 1.53 bits per heavy atom. The number of rotatable bonds is 5. The fourth-order valence-electron chi connectivity index (χ4n) is 1.23. The molecule has 1 amide bonds. The molecule has 0 fully saturated rings. The van der Waals surface area contributed by atoms with Gasteiger partial charge in [-0.05, 0) is 6.42 Å². The smallest absolute Gasteiger partial charge is 0.326 e. The van der Waals surface area contributed by atoms with Crippen molar-refractivity contribution in [3.8, 4) is 0 Å². The lowest BCUT2D eigenvalue weighted by Crippen LogP contribution is -2.41. The first-order chi connectivity index (χ1) is 8.04. The molecule has 0 aliphatic carbocycles. The van der Waals surface area contributed by atoms with E-state index in [2.05, 4.69) is 15.3 Å². The molecule has 0 aliphatic rings. The fourth-order valence-corrected chi connectivity index (χ4v) is 1.38. The van der Waals surface area contributed by atoms with E-state index in [1.54, 1.807) is 0 Å². The highest BCUT2D eigenvalue weighted by molar-refractivity contribution is 6.29. The molecule has 1 aromatic heterocycles. The van der Waals surface area contributed by atoms with Crippen molar-refractivity contribution in [3.05, 3.63) is 23.2 Å². The summed E-state index contributed by atoms with van der Waals surface area (Å²) in [5.74, 6) is -1.67. The minimum atomic E-state index is -1.07. The normalized spacial score (nSPS) is 11.9. The summed E-state index contributed by atoms with van der Waals surface area (Å²) in [5, 5.41) is 11.3. The number of carbonyl (C=O) groups is 2. The van der Waals surface area contributed by atoms with Crippen LogP contribution in [0.15, 0.2) is 12.4 Å². The SMILES string of the molecule is CCCC(NC(=O)c1cncc(Cl)n1)C(=O)O. The zero-order chi connectivity index (χ0) is 12.8. The maximum absolute atomic E-state index is 11.7. The number of amides is 1. The van der Waals surface area contributed by atoms with Crippen molar-refractivity contribution in [2.75, 3.05) is 0 Å². The third-order valence-electron chi connectivity index (χ3n) is 2.02. The van der Waals surface area contributed by atoms with E-state index in [-0.39, 0.29) is 10.8 Å². The Morgan fingerprint density at radius 2 is 2.24 bits per heavy atom. The number of carbonyl (C=O) groups excluding carboxylic acids is 1. The zero-order valence-electron chi connectivity index (χ0n) is 9.18. The summed E-state index contributed by atoms with van der Waals surface area (Å²) < 4.78 is 0. The predicted octanol–water partition coefficient (Wildman–Crippen LogP) is 1.11. The quantitative estimate of drug-likeness (QED) is 0.824. The highest BCUT2D eigenvalue weighted by Gasteiger charge is 2.20. The highest BCUT2D eigenvalue weighted by atomic mass is 35.5.